The monoisotopic (exact) mass is 602 g/mol. The molecule has 0 saturated heterocycles. The molecule has 1 unspecified atom stereocenters. The molecular weight excluding hydrogens is 556 g/mol. The third-order valence-corrected chi connectivity index (χ3v) is 9.49. The molecule has 230 valence electrons. The minimum Gasteiger partial charge on any atom is -0.481 e. The van der Waals surface area contributed by atoms with Gasteiger partial charge in [0.1, 0.15) is 5.03 Å². The summed E-state index contributed by atoms with van der Waals surface area (Å²) in [5.41, 5.74) is 4.85. The minimum absolute atomic E-state index is 0.0747. The Kier molecular flexibility index (Phi) is 13.3. The Morgan fingerprint density at radius 1 is 0.907 bits per heavy atom. The molecule has 0 aliphatic rings. The first-order valence-corrected chi connectivity index (χ1v) is 16.8. The molecule has 0 fully saturated rings. The second-order valence-electron chi connectivity index (χ2n) is 11.3. The van der Waals surface area contributed by atoms with E-state index in [1.165, 1.54) is 24.0 Å². The summed E-state index contributed by atoms with van der Waals surface area (Å²) in [6.07, 6.45) is 10.9. The first kappa shape index (κ1) is 33.9. The summed E-state index contributed by atoms with van der Waals surface area (Å²) in [6, 6.07) is 20.1. The number of rotatable bonds is 17. The van der Waals surface area contributed by atoms with Gasteiger partial charge in [0.2, 0.25) is 5.91 Å². The average molecular weight is 603 g/mol. The quantitative estimate of drug-likeness (QED) is 0.152. The lowest BCUT2D eigenvalue weighted by atomic mass is 9.79. The van der Waals surface area contributed by atoms with E-state index in [2.05, 4.69) is 36.5 Å². The van der Waals surface area contributed by atoms with Crippen molar-refractivity contribution in [1.29, 1.82) is 0 Å². The number of carboxylic acid groups (broad SMARTS) is 1. The van der Waals surface area contributed by atoms with Crippen LogP contribution in [0.5, 0.6) is 0 Å². The molecule has 0 spiro atoms. The van der Waals surface area contributed by atoms with Gasteiger partial charge in [-0.05, 0) is 98.4 Å². The van der Waals surface area contributed by atoms with E-state index in [4.69, 9.17) is 4.98 Å². The van der Waals surface area contributed by atoms with Gasteiger partial charge in [0.25, 0.3) is 0 Å². The van der Waals surface area contributed by atoms with Gasteiger partial charge in [-0.25, -0.2) is 4.98 Å². The molecule has 43 heavy (non-hydrogen) atoms. The maximum Gasteiger partial charge on any atom is 0.310 e. The van der Waals surface area contributed by atoms with Crippen LogP contribution >= 0.6 is 0 Å². The average Bonchev–Trinajstić information content (AvgIpc) is 3.01. The van der Waals surface area contributed by atoms with E-state index >= 15 is 0 Å². The second-order valence-corrected chi connectivity index (χ2v) is 12.8. The van der Waals surface area contributed by atoms with E-state index in [1.54, 1.807) is 19.9 Å². The van der Waals surface area contributed by atoms with Crippen LogP contribution in [-0.2, 0) is 33.2 Å². The van der Waals surface area contributed by atoms with E-state index in [0.29, 0.717) is 29.3 Å². The summed E-state index contributed by atoms with van der Waals surface area (Å²) in [7, 11) is -1.17. The Balaban J connectivity index is 1.56. The topological polar surface area (TPSA) is 96.4 Å². The summed E-state index contributed by atoms with van der Waals surface area (Å²) in [5.74, 6) is -0.687. The van der Waals surface area contributed by atoms with Gasteiger partial charge < -0.3 is 10.4 Å². The zero-order chi connectivity index (χ0) is 31.2. The first-order valence-electron chi connectivity index (χ1n) is 15.4. The third-order valence-electron chi connectivity index (χ3n) is 8.14. The van der Waals surface area contributed by atoms with Crippen LogP contribution in [0.15, 0.2) is 65.7 Å². The number of hydrogen-bond acceptors (Lipinski definition) is 4. The van der Waals surface area contributed by atoms with Crippen LogP contribution in [0.4, 0.5) is 5.69 Å². The molecule has 3 aromatic rings. The highest BCUT2D eigenvalue weighted by Gasteiger charge is 2.37. The molecule has 2 aromatic carbocycles. The predicted molar refractivity (Wildman–Crippen MR) is 178 cm³/mol. The smallest absolute Gasteiger partial charge is 0.310 e. The van der Waals surface area contributed by atoms with Gasteiger partial charge in [0, 0.05) is 17.9 Å². The van der Waals surface area contributed by atoms with Gasteiger partial charge in [-0.1, -0.05) is 75.7 Å². The number of aromatic nitrogens is 1. The molecule has 0 radical (unpaired) electrons. The Hall–Kier alpha value is -3.58. The van der Waals surface area contributed by atoms with Crippen molar-refractivity contribution in [2.75, 3.05) is 11.1 Å². The maximum absolute atomic E-state index is 13.0. The SMILES string of the molecule is CCCCc1ccc(CCCCS(=O)c2ccc(C)c(C=Cc3cccc(NC(=O)CC(CC)(CC)C(=O)O)c3)n2)cc1. The number of nitrogens with zero attached hydrogens (tertiary/aromatic N) is 1. The molecule has 6 nitrogen and oxygen atoms in total. The number of carbonyl (C=O) groups is 2. The standard InChI is InChI=1S/C36H46N2O4S/c1-5-8-12-28-17-19-29(20-18-28)13-9-10-24-43(42)34-23-16-27(4)32(38-34)22-21-30-14-11-15-31(25-30)37-33(39)26-36(6-2,7-3)35(40)41/h11,14-23,25H,5-10,12-13,24,26H2,1-4H3,(H,37,39)(H,40,41). The molecule has 1 atom stereocenters. The van der Waals surface area contributed by atoms with Crippen molar-refractivity contribution in [3.8, 4) is 0 Å². The van der Waals surface area contributed by atoms with Crippen molar-refractivity contribution in [2.45, 2.75) is 90.5 Å². The number of aryl methyl sites for hydroxylation is 3. The van der Waals surface area contributed by atoms with Crippen LogP contribution in [0.2, 0.25) is 0 Å². The first-order chi connectivity index (χ1) is 20.7. The van der Waals surface area contributed by atoms with Crippen LogP contribution in [0.25, 0.3) is 12.2 Å². The number of pyridine rings is 1. The summed E-state index contributed by atoms with van der Waals surface area (Å²) in [6.45, 7) is 7.78. The molecule has 2 N–H and O–H groups in total. The molecule has 1 heterocycles. The number of carbonyl (C=O) groups excluding carboxylic acids is 1. The van der Waals surface area contributed by atoms with Crippen LogP contribution in [0, 0.1) is 12.3 Å². The Bertz CT molecular complexity index is 1410. The summed E-state index contributed by atoms with van der Waals surface area (Å²) < 4.78 is 13.0. The third kappa shape index (κ3) is 10.3. The van der Waals surface area contributed by atoms with Crippen molar-refractivity contribution < 1.29 is 18.9 Å². The van der Waals surface area contributed by atoms with Crippen molar-refractivity contribution in [3.05, 3.63) is 88.6 Å². The van der Waals surface area contributed by atoms with E-state index in [0.717, 1.165) is 42.5 Å². The lowest BCUT2D eigenvalue weighted by Gasteiger charge is -2.25. The number of hydrogen-bond donors (Lipinski definition) is 2. The zero-order valence-electron chi connectivity index (χ0n) is 26.0. The van der Waals surface area contributed by atoms with Gasteiger partial charge in [-0.15, -0.1) is 0 Å². The largest absolute Gasteiger partial charge is 0.481 e. The van der Waals surface area contributed by atoms with Gasteiger partial charge >= 0.3 is 5.97 Å². The number of amides is 1. The fourth-order valence-electron chi connectivity index (χ4n) is 5.03. The van der Waals surface area contributed by atoms with E-state index in [9.17, 15) is 18.9 Å². The van der Waals surface area contributed by atoms with Crippen molar-refractivity contribution in [2.24, 2.45) is 5.41 Å². The van der Waals surface area contributed by atoms with Crippen molar-refractivity contribution in [3.63, 3.8) is 0 Å². The van der Waals surface area contributed by atoms with E-state index < -0.39 is 22.2 Å². The number of carboxylic acids is 1. The molecule has 0 aliphatic heterocycles. The lowest BCUT2D eigenvalue weighted by molar-refractivity contribution is -0.151. The molecule has 3 rings (SSSR count). The van der Waals surface area contributed by atoms with E-state index in [-0.39, 0.29) is 12.3 Å². The number of anilines is 1. The highest BCUT2D eigenvalue weighted by atomic mass is 32.2. The number of nitrogens with one attached hydrogen (secondary N) is 1. The van der Waals surface area contributed by atoms with Crippen molar-refractivity contribution >= 4 is 40.5 Å². The van der Waals surface area contributed by atoms with Gasteiger partial charge in [-0.3, -0.25) is 13.8 Å². The molecule has 0 bridgehead atoms. The zero-order valence-corrected chi connectivity index (χ0v) is 26.8. The van der Waals surface area contributed by atoms with Gasteiger partial charge in [0.15, 0.2) is 0 Å². The number of unbranched alkanes of at least 4 members (excludes halogenated alkanes) is 2. The highest BCUT2D eigenvalue weighted by Crippen LogP contribution is 2.31. The number of aliphatic carboxylic acids is 1. The summed E-state index contributed by atoms with van der Waals surface area (Å²) >= 11 is 0. The van der Waals surface area contributed by atoms with Crippen LogP contribution < -0.4 is 5.32 Å². The molecule has 7 heteroatoms. The highest BCUT2D eigenvalue weighted by molar-refractivity contribution is 7.84. The van der Waals surface area contributed by atoms with Crippen LogP contribution in [0.3, 0.4) is 0 Å². The summed E-state index contributed by atoms with van der Waals surface area (Å²) in [4.78, 5) is 29.1. The van der Waals surface area contributed by atoms with Gasteiger partial charge in [-0.2, -0.15) is 0 Å². The number of benzene rings is 2. The van der Waals surface area contributed by atoms with Gasteiger partial charge in [0.05, 0.1) is 21.9 Å². The molecule has 0 saturated carbocycles. The van der Waals surface area contributed by atoms with Crippen LogP contribution in [0.1, 0.15) is 93.7 Å². The molecular formula is C36H46N2O4S. The Morgan fingerprint density at radius 2 is 1.58 bits per heavy atom. The van der Waals surface area contributed by atoms with Crippen LogP contribution in [-0.4, -0.2) is 31.9 Å². The maximum atomic E-state index is 13.0. The fourth-order valence-corrected chi connectivity index (χ4v) is 6.12. The molecule has 1 amide bonds. The fraction of sp³-hybridized carbons (Fsp3) is 0.417. The molecule has 1 aromatic heterocycles. The van der Waals surface area contributed by atoms with Crippen molar-refractivity contribution in [1.82, 2.24) is 4.98 Å². The van der Waals surface area contributed by atoms with E-state index in [1.807, 2.05) is 49.4 Å². The lowest BCUT2D eigenvalue weighted by Crippen LogP contribution is -2.34. The minimum atomic E-state index is -1.17. The normalized spacial score (nSPS) is 12.4. The second kappa shape index (κ2) is 16.9. The Morgan fingerprint density at radius 3 is 2.21 bits per heavy atom. The summed E-state index contributed by atoms with van der Waals surface area (Å²) in [5, 5.41) is 13.1. The predicted octanol–water partition coefficient (Wildman–Crippen LogP) is 8.25. The Labute approximate surface area is 259 Å². The molecule has 0 aliphatic carbocycles.